The topological polar surface area (TPSA) is 21.3 Å². The van der Waals surface area contributed by atoms with Crippen molar-refractivity contribution in [3.8, 4) is 5.75 Å². The molecule has 1 aromatic carbocycles. The predicted octanol–water partition coefficient (Wildman–Crippen LogP) is 2.42. The molecule has 3 heteroatoms. The number of benzene rings is 1. The van der Waals surface area contributed by atoms with E-state index in [1.807, 2.05) is 19.2 Å². The number of likely N-dealkylation sites (N-methyl/N-ethyl adjacent to an activating group) is 1. The minimum atomic E-state index is 0.206. The number of fused-ring (bicyclic) bond motifs is 1. The van der Waals surface area contributed by atoms with Crippen LogP contribution < -0.4 is 10.1 Å². The Labute approximate surface area is 89.2 Å². The summed E-state index contributed by atoms with van der Waals surface area (Å²) in [6.07, 6.45) is 0.206. The van der Waals surface area contributed by atoms with Gasteiger partial charge in [-0.1, -0.05) is 23.7 Å². The first kappa shape index (κ1) is 9.81. The van der Waals surface area contributed by atoms with Gasteiger partial charge in [0.1, 0.15) is 11.9 Å². The highest BCUT2D eigenvalue weighted by Crippen LogP contribution is 2.42. The van der Waals surface area contributed by atoms with Gasteiger partial charge in [-0.3, -0.25) is 0 Å². The van der Waals surface area contributed by atoms with Gasteiger partial charge >= 0.3 is 0 Å². The third-order valence-corrected chi connectivity index (χ3v) is 2.99. The summed E-state index contributed by atoms with van der Waals surface area (Å²) in [4.78, 5) is 0. The van der Waals surface area contributed by atoms with E-state index >= 15 is 0 Å². The summed E-state index contributed by atoms with van der Waals surface area (Å²) in [5, 5.41) is 3.89. The second kappa shape index (κ2) is 3.79. The molecule has 1 heterocycles. The van der Waals surface area contributed by atoms with Crippen molar-refractivity contribution in [2.45, 2.75) is 18.9 Å². The van der Waals surface area contributed by atoms with Crippen molar-refractivity contribution >= 4 is 11.6 Å². The van der Waals surface area contributed by atoms with Crippen LogP contribution in [0.1, 0.15) is 18.4 Å². The average molecular weight is 212 g/mol. The van der Waals surface area contributed by atoms with Crippen LogP contribution in [0.5, 0.6) is 5.75 Å². The zero-order valence-corrected chi connectivity index (χ0v) is 9.14. The molecule has 0 bridgehead atoms. The molecule has 0 aromatic heterocycles. The largest absolute Gasteiger partial charge is 0.488 e. The lowest BCUT2D eigenvalue weighted by molar-refractivity contribution is 0.225. The quantitative estimate of drug-likeness (QED) is 0.812. The fourth-order valence-corrected chi connectivity index (χ4v) is 2.18. The van der Waals surface area contributed by atoms with E-state index < -0.39 is 0 Å². The second-order valence-electron chi connectivity index (χ2n) is 3.65. The van der Waals surface area contributed by atoms with Gasteiger partial charge < -0.3 is 10.1 Å². The van der Waals surface area contributed by atoms with E-state index in [1.54, 1.807) is 0 Å². The van der Waals surface area contributed by atoms with Crippen molar-refractivity contribution in [3.63, 3.8) is 0 Å². The summed E-state index contributed by atoms with van der Waals surface area (Å²) in [6.45, 7) is 3.01. The van der Waals surface area contributed by atoms with Crippen LogP contribution >= 0.6 is 11.6 Å². The minimum Gasteiger partial charge on any atom is -0.488 e. The standard InChI is InChI=1S/C11H14ClNO/c1-7-9(6-13-2)8-4-3-5-10(12)11(8)14-7/h3-5,7,9,13H,6H2,1-2H3. The number of para-hydroxylation sites is 1. The summed E-state index contributed by atoms with van der Waals surface area (Å²) in [6, 6.07) is 5.94. The fourth-order valence-electron chi connectivity index (χ4n) is 1.96. The van der Waals surface area contributed by atoms with Gasteiger partial charge in [-0.2, -0.15) is 0 Å². The Morgan fingerprint density at radius 1 is 1.50 bits per heavy atom. The molecule has 0 spiro atoms. The zero-order chi connectivity index (χ0) is 10.1. The van der Waals surface area contributed by atoms with Crippen LogP contribution in [0.15, 0.2) is 18.2 Å². The number of nitrogens with one attached hydrogen (secondary N) is 1. The molecule has 1 aromatic rings. The Kier molecular flexibility index (Phi) is 2.66. The molecule has 2 nitrogen and oxygen atoms in total. The summed E-state index contributed by atoms with van der Waals surface area (Å²) in [5.74, 6) is 1.27. The average Bonchev–Trinajstić information content (AvgIpc) is 2.47. The van der Waals surface area contributed by atoms with Gasteiger partial charge in [0.25, 0.3) is 0 Å². The van der Waals surface area contributed by atoms with E-state index in [2.05, 4.69) is 18.3 Å². The van der Waals surface area contributed by atoms with E-state index in [-0.39, 0.29) is 6.10 Å². The maximum atomic E-state index is 6.06. The van der Waals surface area contributed by atoms with Gasteiger partial charge in [0.2, 0.25) is 0 Å². The maximum Gasteiger partial charge on any atom is 0.141 e. The van der Waals surface area contributed by atoms with Crippen LogP contribution in [0.4, 0.5) is 0 Å². The number of ether oxygens (including phenoxy) is 1. The molecule has 0 amide bonds. The second-order valence-corrected chi connectivity index (χ2v) is 4.05. The van der Waals surface area contributed by atoms with Crippen LogP contribution in [0.2, 0.25) is 5.02 Å². The number of hydrogen-bond acceptors (Lipinski definition) is 2. The Balaban J connectivity index is 2.37. The molecule has 2 unspecified atom stereocenters. The van der Waals surface area contributed by atoms with Crippen molar-refractivity contribution in [1.82, 2.24) is 5.32 Å². The lowest BCUT2D eigenvalue weighted by atomic mass is 9.96. The molecule has 0 fully saturated rings. The Hall–Kier alpha value is -0.730. The number of rotatable bonds is 2. The molecular weight excluding hydrogens is 198 g/mol. The first-order chi connectivity index (χ1) is 6.74. The molecule has 0 radical (unpaired) electrons. The van der Waals surface area contributed by atoms with Crippen molar-refractivity contribution in [2.24, 2.45) is 0 Å². The van der Waals surface area contributed by atoms with Crippen molar-refractivity contribution < 1.29 is 4.74 Å². The summed E-state index contributed by atoms with van der Waals surface area (Å²) < 4.78 is 5.73. The predicted molar refractivity (Wildman–Crippen MR) is 58.2 cm³/mol. The number of halogens is 1. The smallest absolute Gasteiger partial charge is 0.141 e. The summed E-state index contributed by atoms with van der Waals surface area (Å²) in [5.41, 5.74) is 1.22. The summed E-state index contributed by atoms with van der Waals surface area (Å²) in [7, 11) is 1.95. The van der Waals surface area contributed by atoms with E-state index in [0.717, 1.165) is 12.3 Å². The Morgan fingerprint density at radius 2 is 2.29 bits per heavy atom. The highest BCUT2D eigenvalue weighted by Gasteiger charge is 2.31. The minimum absolute atomic E-state index is 0.206. The van der Waals surface area contributed by atoms with E-state index in [0.29, 0.717) is 10.9 Å². The Bertz CT molecular complexity index is 340. The molecule has 0 aliphatic carbocycles. The van der Waals surface area contributed by atoms with E-state index in [4.69, 9.17) is 16.3 Å². The van der Waals surface area contributed by atoms with Gasteiger partial charge in [-0.05, 0) is 20.0 Å². The van der Waals surface area contributed by atoms with E-state index in [9.17, 15) is 0 Å². The third-order valence-electron chi connectivity index (χ3n) is 2.69. The van der Waals surface area contributed by atoms with Gasteiger partial charge in [-0.15, -0.1) is 0 Å². The highest BCUT2D eigenvalue weighted by atomic mass is 35.5. The SMILES string of the molecule is CNCC1c2cccc(Cl)c2OC1C. The lowest BCUT2D eigenvalue weighted by Crippen LogP contribution is -2.24. The van der Waals surface area contributed by atoms with Crippen LogP contribution in [0.3, 0.4) is 0 Å². The normalized spacial score (nSPS) is 24.5. The van der Waals surface area contributed by atoms with Gasteiger partial charge in [-0.25, -0.2) is 0 Å². The van der Waals surface area contributed by atoms with Gasteiger partial charge in [0.15, 0.2) is 0 Å². The van der Waals surface area contributed by atoms with Crippen LogP contribution in [0, 0.1) is 0 Å². The molecule has 1 aliphatic rings. The third kappa shape index (κ3) is 1.49. The molecule has 0 saturated carbocycles. The van der Waals surface area contributed by atoms with E-state index in [1.165, 1.54) is 5.56 Å². The first-order valence-corrected chi connectivity index (χ1v) is 5.21. The van der Waals surface area contributed by atoms with Crippen LogP contribution in [0.25, 0.3) is 0 Å². The van der Waals surface area contributed by atoms with Crippen molar-refractivity contribution in [3.05, 3.63) is 28.8 Å². The maximum absolute atomic E-state index is 6.06. The fraction of sp³-hybridized carbons (Fsp3) is 0.455. The van der Waals surface area contributed by atoms with Crippen LogP contribution in [-0.2, 0) is 0 Å². The molecule has 1 aliphatic heterocycles. The highest BCUT2D eigenvalue weighted by molar-refractivity contribution is 6.32. The van der Waals surface area contributed by atoms with Crippen LogP contribution in [-0.4, -0.2) is 19.7 Å². The van der Waals surface area contributed by atoms with Crippen molar-refractivity contribution in [2.75, 3.05) is 13.6 Å². The van der Waals surface area contributed by atoms with Gasteiger partial charge in [0.05, 0.1) is 5.02 Å². The van der Waals surface area contributed by atoms with Gasteiger partial charge in [0, 0.05) is 18.0 Å². The number of hydrogen-bond donors (Lipinski definition) is 1. The Morgan fingerprint density at radius 3 is 3.00 bits per heavy atom. The monoisotopic (exact) mass is 211 g/mol. The summed E-state index contributed by atoms with van der Waals surface area (Å²) >= 11 is 6.06. The van der Waals surface area contributed by atoms with Crippen molar-refractivity contribution in [1.29, 1.82) is 0 Å². The molecule has 0 saturated heterocycles. The lowest BCUT2D eigenvalue weighted by Gasteiger charge is -2.13. The molecule has 76 valence electrons. The first-order valence-electron chi connectivity index (χ1n) is 4.83. The molecule has 2 rings (SSSR count). The molecule has 2 atom stereocenters. The molecular formula is C11H14ClNO. The molecule has 1 N–H and O–H groups in total. The zero-order valence-electron chi connectivity index (χ0n) is 8.38. The molecule has 14 heavy (non-hydrogen) atoms.